The van der Waals surface area contributed by atoms with Crippen molar-refractivity contribution < 1.29 is 24.2 Å². The third kappa shape index (κ3) is 4.38. The molecule has 1 amide bonds. The molecule has 0 radical (unpaired) electrons. The smallest absolute Gasteiger partial charge is 0.260 e. The predicted octanol–water partition coefficient (Wildman–Crippen LogP) is 3.48. The van der Waals surface area contributed by atoms with Crippen molar-refractivity contribution in [3.05, 3.63) is 47.0 Å². The number of aromatic hydroxyl groups is 1. The van der Waals surface area contributed by atoms with Gasteiger partial charge in [-0.1, -0.05) is 12.1 Å². The fraction of sp³-hybridized carbons (Fsp3) is 0.440. The summed E-state index contributed by atoms with van der Waals surface area (Å²) >= 11 is 0. The number of carbonyl (C=O) groups excluding carboxylic acids is 2. The second-order valence-corrected chi connectivity index (χ2v) is 9.15. The molecule has 1 saturated heterocycles. The summed E-state index contributed by atoms with van der Waals surface area (Å²) in [5.41, 5.74) is 3.27. The number of amides is 1. The Labute approximate surface area is 188 Å². The molecule has 2 aromatic rings. The van der Waals surface area contributed by atoms with Gasteiger partial charge < -0.3 is 24.4 Å². The topological polar surface area (TPSA) is 79.3 Å². The maximum absolute atomic E-state index is 12.7. The standard InChI is InChI=1S/C25H30N2O5/c1-16-6-5-7-19(17(16)2)26-8-10-27(11-9-26)23(30)15-31-18-12-20(28)24-21(29)14-25(3,4)32-22(24)13-18/h5-7,12-13,28H,8-11,14-15H2,1-4H3. The second kappa shape index (κ2) is 8.37. The largest absolute Gasteiger partial charge is 0.507 e. The van der Waals surface area contributed by atoms with E-state index in [1.165, 1.54) is 22.9 Å². The first-order valence-electron chi connectivity index (χ1n) is 11.0. The molecule has 0 spiro atoms. The predicted molar refractivity (Wildman–Crippen MR) is 122 cm³/mol. The van der Waals surface area contributed by atoms with Crippen molar-refractivity contribution in [1.82, 2.24) is 4.90 Å². The highest BCUT2D eigenvalue weighted by Crippen LogP contribution is 2.41. The molecule has 0 atom stereocenters. The molecule has 0 bridgehead atoms. The van der Waals surface area contributed by atoms with Gasteiger partial charge >= 0.3 is 0 Å². The fourth-order valence-electron chi connectivity index (χ4n) is 4.34. The Kier molecular flexibility index (Phi) is 5.75. The number of aryl methyl sites for hydroxylation is 1. The van der Waals surface area contributed by atoms with Gasteiger partial charge in [-0.05, 0) is 44.9 Å². The molecule has 2 heterocycles. The summed E-state index contributed by atoms with van der Waals surface area (Å²) in [6.07, 6.45) is 0.195. The number of ketones is 1. The lowest BCUT2D eigenvalue weighted by Gasteiger charge is -2.37. The minimum Gasteiger partial charge on any atom is -0.507 e. The normalized spacial score (nSPS) is 17.6. The van der Waals surface area contributed by atoms with E-state index < -0.39 is 5.60 Å². The van der Waals surface area contributed by atoms with Crippen molar-refractivity contribution in [1.29, 1.82) is 0 Å². The number of benzene rings is 2. The second-order valence-electron chi connectivity index (χ2n) is 9.15. The van der Waals surface area contributed by atoms with Gasteiger partial charge in [0.25, 0.3) is 5.91 Å². The Morgan fingerprint density at radius 1 is 1.16 bits per heavy atom. The van der Waals surface area contributed by atoms with Crippen LogP contribution in [0.1, 0.15) is 41.8 Å². The molecule has 0 aromatic heterocycles. The van der Waals surface area contributed by atoms with Gasteiger partial charge in [-0.15, -0.1) is 0 Å². The van der Waals surface area contributed by atoms with E-state index in [1.807, 2.05) is 13.8 Å². The van der Waals surface area contributed by atoms with Crippen LogP contribution >= 0.6 is 0 Å². The Morgan fingerprint density at radius 2 is 1.88 bits per heavy atom. The third-order valence-corrected chi connectivity index (χ3v) is 6.22. The summed E-state index contributed by atoms with van der Waals surface area (Å²) in [6.45, 7) is 10.5. The molecular weight excluding hydrogens is 408 g/mol. The lowest BCUT2D eigenvalue weighted by Crippen LogP contribution is -2.50. The summed E-state index contributed by atoms with van der Waals surface area (Å²) in [4.78, 5) is 29.1. The van der Waals surface area contributed by atoms with Crippen molar-refractivity contribution in [2.24, 2.45) is 0 Å². The van der Waals surface area contributed by atoms with E-state index >= 15 is 0 Å². The van der Waals surface area contributed by atoms with Gasteiger partial charge in [-0.25, -0.2) is 0 Å². The van der Waals surface area contributed by atoms with Gasteiger partial charge in [0.2, 0.25) is 0 Å². The zero-order valence-corrected chi connectivity index (χ0v) is 19.1. The van der Waals surface area contributed by atoms with Crippen LogP contribution in [0.15, 0.2) is 30.3 Å². The van der Waals surface area contributed by atoms with Crippen LogP contribution in [0.2, 0.25) is 0 Å². The van der Waals surface area contributed by atoms with E-state index in [-0.39, 0.29) is 41.8 Å². The average molecular weight is 439 g/mol. The first kappa shape index (κ1) is 22.0. The molecule has 2 aromatic carbocycles. The van der Waals surface area contributed by atoms with E-state index in [2.05, 4.69) is 36.9 Å². The van der Waals surface area contributed by atoms with Crippen LogP contribution in [0, 0.1) is 13.8 Å². The number of fused-ring (bicyclic) bond motifs is 1. The number of ether oxygens (including phenoxy) is 2. The molecule has 1 fully saturated rings. The van der Waals surface area contributed by atoms with Gasteiger partial charge in [-0.2, -0.15) is 0 Å². The Balaban J connectivity index is 1.36. The number of anilines is 1. The van der Waals surface area contributed by atoms with E-state index in [9.17, 15) is 14.7 Å². The molecular formula is C25H30N2O5. The molecule has 2 aliphatic rings. The fourth-order valence-corrected chi connectivity index (χ4v) is 4.34. The van der Waals surface area contributed by atoms with E-state index in [1.54, 1.807) is 11.0 Å². The molecule has 7 nitrogen and oxygen atoms in total. The van der Waals surface area contributed by atoms with Gasteiger partial charge in [0.05, 0.1) is 6.42 Å². The van der Waals surface area contributed by atoms with Crippen LogP contribution in [0.25, 0.3) is 0 Å². The number of Topliss-reactive ketones (excluding diaryl/α,β-unsaturated/α-hetero) is 1. The number of piperazine rings is 1. The summed E-state index contributed by atoms with van der Waals surface area (Å²) in [7, 11) is 0. The van der Waals surface area contributed by atoms with E-state index in [0.717, 1.165) is 13.1 Å². The van der Waals surface area contributed by atoms with Crippen molar-refractivity contribution in [3.8, 4) is 17.2 Å². The molecule has 32 heavy (non-hydrogen) atoms. The minimum atomic E-state index is -0.652. The Hall–Kier alpha value is -3.22. The maximum Gasteiger partial charge on any atom is 0.260 e. The lowest BCUT2D eigenvalue weighted by molar-refractivity contribution is -0.133. The van der Waals surface area contributed by atoms with Gasteiger partial charge in [0.1, 0.15) is 28.4 Å². The summed E-state index contributed by atoms with van der Waals surface area (Å²) < 4.78 is 11.5. The van der Waals surface area contributed by atoms with Crippen LogP contribution in [0.3, 0.4) is 0 Å². The third-order valence-electron chi connectivity index (χ3n) is 6.22. The molecule has 0 aliphatic carbocycles. The molecule has 0 unspecified atom stereocenters. The quantitative estimate of drug-likeness (QED) is 0.787. The van der Waals surface area contributed by atoms with Gasteiger partial charge in [-0.3, -0.25) is 9.59 Å². The summed E-state index contributed by atoms with van der Waals surface area (Å²) in [5.74, 6) is 0.121. The first-order valence-corrected chi connectivity index (χ1v) is 11.0. The highest BCUT2D eigenvalue weighted by molar-refractivity contribution is 6.03. The molecule has 1 N–H and O–H groups in total. The minimum absolute atomic E-state index is 0.111. The van der Waals surface area contributed by atoms with Crippen LogP contribution in [-0.2, 0) is 4.79 Å². The number of hydrogen-bond acceptors (Lipinski definition) is 6. The molecule has 170 valence electrons. The molecule has 7 heteroatoms. The maximum atomic E-state index is 12.7. The van der Waals surface area contributed by atoms with Crippen LogP contribution in [-0.4, -0.2) is 60.1 Å². The first-order chi connectivity index (χ1) is 15.1. The zero-order valence-electron chi connectivity index (χ0n) is 19.1. The van der Waals surface area contributed by atoms with Crippen LogP contribution < -0.4 is 14.4 Å². The summed E-state index contributed by atoms with van der Waals surface area (Å²) in [5, 5.41) is 10.3. The van der Waals surface area contributed by atoms with Crippen LogP contribution in [0.5, 0.6) is 17.2 Å². The molecule has 2 aliphatic heterocycles. The van der Waals surface area contributed by atoms with Crippen molar-refractivity contribution in [3.63, 3.8) is 0 Å². The Morgan fingerprint density at radius 3 is 2.59 bits per heavy atom. The SMILES string of the molecule is Cc1cccc(N2CCN(C(=O)COc3cc(O)c4c(c3)OC(C)(C)CC4=O)CC2)c1C. The number of carbonyl (C=O) groups is 2. The van der Waals surface area contributed by atoms with E-state index in [4.69, 9.17) is 9.47 Å². The molecule has 4 rings (SSSR count). The van der Waals surface area contributed by atoms with E-state index in [0.29, 0.717) is 18.8 Å². The number of phenols is 1. The Bertz CT molecular complexity index is 1050. The van der Waals surface area contributed by atoms with Crippen LogP contribution in [0.4, 0.5) is 5.69 Å². The number of hydrogen-bond donors (Lipinski definition) is 1. The average Bonchev–Trinajstić information content (AvgIpc) is 2.72. The van der Waals surface area contributed by atoms with Crippen molar-refractivity contribution in [2.75, 3.05) is 37.7 Å². The zero-order chi connectivity index (χ0) is 23.0. The highest BCUT2D eigenvalue weighted by Gasteiger charge is 2.35. The number of rotatable bonds is 4. The van der Waals surface area contributed by atoms with Crippen molar-refractivity contribution >= 4 is 17.4 Å². The molecule has 0 saturated carbocycles. The highest BCUT2D eigenvalue weighted by atomic mass is 16.5. The lowest BCUT2D eigenvalue weighted by atomic mass is 9.92. The van der Waals surface area contributed by atoms with Crippen molar-refractivity contribution in [2.45, 2.75) is 39.7 Å². The number of nitrogens with zero attached hydrogens (tertiary/aromatic N) is 2. The van der Waals surface area contributed by atoms with Gasteiger partial charge in [0.15, 0.2) is 12.4 Å². The number of phenolic OH excluding ortho intramolecular Hbond substituents is 1. The monoisotopic (exact) mass is 438 g/mol. The summed E-state index contributed by atoms with van der Waals surface area (Å²) in [6, 6.07) is 9.23. The van der Waals surface area contributed by atoms with Gasteiger partial charge in [0, 0.05) is 44.0 Å².